The number of fused-ring (bicyclic) bond motifs is 6. The summed E-state index contributed by atoms with van der Waals surface area (Å²) in [6, 6.07) is 38.9. The molecule has 4 aromatic carbocycles. The Bertz CT molecular complexity index is 2010. The van der Waals surface area contributed by atoms with E-state index in [-0.39, 0.29) is 0 Å². The van der Waals surface area contributed by atoms with Crippen LogP contribution in [0.15, 0.2) is 131 Å². The second kappa shape index (κ2) is 9.93. The van der Waals surface area contributed by atoms with Crippen LogP contribution < -0.4 is 5.32 Å². The van der Waals surface area contributed by atoms with Gasteiger partial charge in [0.25, 0.3) is 0 Å². The molecule has 8 rings (SSSR count). The molecule has 2 aromatic heterocycles. The van der Waals surface area contributed by atoms with Gasteiger partial charge in [-0.05, 0) is 54.8 Å². The number of nitrogens with zero attached hydrogens (tertiary/aromatic N) is 2. The summed E-state index contributed by atoms with van der Waals surface area (Å²) in [6.07, 6.45) is 4.54. The maximum Gasteiger partial charge on any atom is 0.0812 e. The normalized spacial score (nSPS) is 13.8. The van der Waals surface area contributed by atoms with Crippen molar-refractivity contribution in [2.75, 3.05) is 6.54 Å². The predicted octanol–water partition coefficient (Wildman–Crippen LogP) is 9.58. The highest BCUT2D eigenvalue weighted by atomic mass is 32.2. The number of allylic oxidation sites excluding steroid dienone is 2. The minimum Gasteiger partial charge on any atom is -0.376 e. The average Bonchev–Trinajstić information content (AvgIpc) is 3.21. The summed E-state index contributed by atoms with van der Waals surface area (Å²) in [6.45, 7) is 5.37. The van der Waals surface area contributed by atoms with Crippen molar-refractivity contribution >= 4 is 28.2 Å². The van der Waals surface area contributed by atoms with Crippen molar-refractivity contribution in [3.8, 4) is 39.3 Å². The van der Waals surface area contributed by atoms with E-state index in [1.807, 2.05) is 11.8 Å². The summed E-state index contributed by atoms with van der Waals surface area (Å²) in [5.74, 6) is 0. The van der Waals surface area contributed by atoms with E-state index in [9.17, 15) is 0 Å². The Hall–Kier alpha value is -4.80. The zero-order valence-electron chi connectivity index (χ0n) is 23.6. The topological polar surface area (TPSA) is 29.9 Å². The Morgan fingerprint density at radius 3 is 2.12 bits per heavy atom. The average molecular weight is 560 g/mol. The Labute approximate surface area is 250 Å². The molecular weight excluding hydrogens is 531 g/mol. The van der Waals surface area contributed by atoms with E-state index in [1.54, 1.807) is 0 Å². The summed E-state index contributed by atoms with van der Waals surface area (Å²) >= 11 is 1.84. The summed E-state index contributed by atoms with van der Waals surface area (Å²) in [7, 11) is 0. The first-order valence-electron chi connectivity index (χ1n) is 14.4. The van der Waals surface area contributed by atoms with Crippen molar-refractivity contribution in [2.45, 2.75) is 18.7 Å². The molecule has 6 aromatic rings. The Morgan fingerprint density at radius 2 is 1.40 bits per heavy atom. The molecule has 0 atom stereocenters. The lowest BCUT2D eigenvalue weighted by atomic mass is 9.89. The maximum atomic E-state index is 5.14. The van der Waals surface area contributed by atoms with Crippen molar-refractivity contribution in [3.05, 3.63) is 143 Å². The van der Waals surface area contributed by atoms with Crippen LogP contribution in [0.2, 0.25) is 0 Å². The number of hydrogen-bond donors (Lipinski definition) is 1. The van der Waals surface area contributed by atoms with E-state index >= 15 is 0 Å². The molecule has 1 N–H and O–H groups in total. The fourth-order valence-corrected chi connectivity index (χ4v) is 7.45. The third-order valence-electron chi connectivity index (χ3n) is 8.45. The monoisotopic (exact) mass is 559 g/mol. The number of nitrogens with one attached hydrogen (secondary N) is 1. The second-order valence-electron chi connectivity index (χ2n) is 10.9. The van der Waals surface area contributed by atoms with Gasteiger partial charge in [-0.15, -0.1) is 0 Å². The second-order valence-corrected chi connectivity index (χ2v) is 11.9. The Kier molecular flexibility index (Phi) is 5.90. The first-order chi connectivity index (χ1) is 20.7. The number of benzene rings is 4. The Balaban J connectivity index is 1.44. The lowest BCUT2D eigenvalue weighted by Gasteiger charge is -2.18. The van der Waals surface area contributed by atoms with E-state index in [1.165, 1.54) is 54.3 Å². The number of pyridine rings is 1. The van der Waals surface area contributed by atoms with Crippen LogP contribution in [0.5, 0.6) is 0 Å². The van der Waals surface area contributed by atoms with Crippen LogP contribution in [0.1, 0.15) is 16.8 Å². The number of rotatable bonds is 3. The zero-order valence-corrected chi connectivity index (χ0v) is 24.4. The number of dihydropyridines is 1. The first-order valence-corrected chi connectivity index (χ1v) is 15.2. The van der Waals surface area contributed by atoms with Gasteiger partial charge >= 0.3 is 0 Å². The largest absolute Gasteiger partial charge is 0.376 e. The number of aryl methyl sites for hydroxylation is 1. The lowest BCUT2D eigenvalue weighted by molar-refractivity contribution is 0.959. The van der Waals surface area contributed by atoms with Crippen molar-refractivity contribution in [2.24, 2.45) is 0 Å². The number of thioether (sulfide) groups is 1. The first kappa shape index (κ1) is 25.0. The van der Waals surface area contributed by atoms with Gasteiger partial charge in [-0.1, -0.05) is 109 Å². The minimum absolute atomic E-state index is 0.847. The highest BCUT2D eigenvalue weighted by molar-refractivity contribution is 8.03. The molecule has 0 bridgehead atoms. The van der Waals surface area contributed by atoms with Gasteiger partial charge in [-0.25, -0.2) is 4.98 Å². The van der Waals surface area contributed by atoms with Gasteiger partial charge in [0.05, 0.1) is 27.6 Å². The molecule has 4 heterocycles. The van der Waals surface area contributed by atoms with Crippen molar-refractivity contribution in [3.63, 3.8) is 0 Å². The molecule has 3 nitrogen and oxygen atoms in total. The molecule has 0 radical (unpaired) electrons. The summed E-state index contributed by atoms with van der Waals surface area (Å²) < 4.78 is 2.43. The van der Waals surface area contributed by atoms with Crippen LogP contribution in [0.3, 0.4) is 0 Å². The van der Waals surface area contributed by atoms with Gasteiger partial charge in [0.2, 0.25) is 0 Å². The van der Waals surface area contributed by atoms with Crippen molar-refractivity contribution in [1.82, 2.24) is 14.9 Å². The smallest absolute Gasteiger partial charge is 0.0812 e. The van der Waals surface area contributed by atoms with Gasteiger partial charge < -0.3 is 9.88 Å². The van der Waals surface area contributed by atoms with Crippen molar-refractivity contribution in [1.29, 1.82) is 0 Å². The molecule has 202 valence electrons. The molecule has 0 spiro atoms. The van der Waals surface area contributed by atoms with Crippen LogP contribution >= 0.6 is 11.8 Å². The lowest BCUT2D eigenvalue weighted by Crippen LogP contribution is -2.15. The molecule has 4 heteroatoms. The minimum atomic E-state index is 0.847. The van der Waals surface area contributed by atoms with Gasteiger partial charge in [0, 0.05) is 44.8 Å². The van der Waals surface area contributed by atoms with Crippen molar-refractivity contribution < 1.29 is 0 Å². The highest BCUT2D eigenvalue weighted by Gasteiger charge is 2.27. The Morgan fingerprint density at radius 1 is 0.738 bits per heavy atom. The fraction of sp³-hybridized carbons (Fsp3) is 0.0789. The van der Waals surface area contributed by atoms with E-state index in [0.717, 1.165) is 34.7 Å². The molecule has 2 aliphatic heterocycles. The molecule has 0 amide bonds. The maximum absolute atomic E-state index is 5.14. The fourth-order valence-electron chi connectivity index (χ4n) is 6.36. The van der Waals surface area contributed by atoms with E-state index in [4.69, 9.17) is 4.98 Å². The summed E-state index contributed by atoms with van der Waals surface area (Å²) in [5, 5.41) is 6.20. The third kappa shape index (κ3) is 3.94. The number of hydrogen-bond acceptors (Lipinski definition) is 3. The van der Waals surface area contributed by atoms with E-state index in [2.05, 4.69) is 145 Å². The van der Waals surface area contributed by atoms with Crippen LogP contribution in [-0.4, -0.2) is 16.1 Å². The van der Waals surface area contributed by atoms with Crippen LogP contribution in [-0.2, 0) is 0 Å². The van der Waals surface area contributed by atoms with Gasteiger partial charge in [-0.2, -0.15) is 0 Å². The molecular formula is C38H29N3S. The molecule has 0 saturated heterocycles. The molecule has 0 unspecified atom stereocenters. The molecule has 2 aliphatic rings. The standard InChI is InChI=1S/C38H29N3S/c1-24-25(2)41(28-22-32(26-12-5-3-6-13-26)40-33(23-28)27-14-7-4-8-15-27)34-20-19-30-29-16-9-10-18-35(29)42-38-31(17-11-21-39-38)37(30)36(24)34/h3-20,22-23,39H,21H2,1-2H3. The predicted molar refractivity (Wildman–Crippen MR) is 177 cm³/mol. The summed E-state index contributed by atoms with van der Waals surface area (Å²) in [4.78, 5) is 6.42. The molecule has 0 fully saturated rings. The SMILES string of the molecule is Cc1c(C)n(-c2cc(-c3ccccc3)nc(-c3ccccc3)c2)c2ccc3c(c12)C1=C(NCC=C1)Sc1ccccc1-3. The molecule has 0 saturated carbocycles. The molecule has 42 heavy (non-hydrogen) atoms. The quantitative estimate of drug-likeness (QED) is 0.234. The number of aromatic nitrogens is 2. The van der Waals surface area contributed by atoms with Gasteiger partial charge in [0.1, 0.15) is 0 Å². The zero-order chi connectivity index (χ0) is 28.2. The van der Waals surface area contributed by atoms with Crippen LogP contribution in [0, 0.1) is 13.8 Å². The highest BCUT2D eigenvalue weighted by Crippen LogP contribution is 2.49. The molecule has 0 aliphatic carbocycles. The van der Waals surface area contributed by atoms with Gasteiger partial charge in [0.15, 0.2) is 0 Å². The summed E-state index contributed by atoms with van der Waals surface area (Å²) in [5.41, 5.74) is 14.2. The van der Waals surface area contributed by atoms with Gasteiger partial charge in [-0.3, -0.25) is 0 Å². The van der Waals surface area contributed by atoms with E-state index in [0.29, 0.717) is 0 Å². The van der Waals surface area contributed by atoms with Crippen LogP contribution in [0.4, 0.5) is 0 Å². The van der Waals surface area contributed by atoms with Crippen LogP contribution in [0.25, 0.3) is 55.8 Å². The van der Waals surface area contributed by atoms with E-state index < -0.39 is 0 Å². The third-order valence-corrected chi connectivity index (χ3v) is 9.60.